The van der Waals surface area contributed by atoms with Crippen LogP contribution in [0.15, 0.2) is 29.6 Å². The van der Waals surface area contributed by atoms with E-state index in [1.165, 1.54) is 16.9 Å². The van der Waals surface area contributed by atoms with Crippen molar-refractivity contribution in [3.8, 4) is 5.75 Å². The van der Waals surface area contributed by atoms with Gasteiger partial charge in [-0.2, -0.15) is 0 Å². The van der Waals surface area contributed by atoms with E-state index in [-0.39, 0.29) is 5.91 Å². The van der Waals surface area contributed by atoms with Gasteiger partial charge < -0.3 is 10.1 Å². The molecule has 0 atom stereocenters. The lowest BCUT2D eigenvalue weighted by atomic mass is 10.1. The van der Waals surface area contributed by atoms with Crippen LogP contribution in [0.5, 0.6) is 5.75 Å². The number of aryl methyl sites for hydroxylation is 1. The maximum absolute atomic E-state index is 11.9. The first-order valence-electron chi connectivity index (χ1n) is 8.42. The summed E-state index contributed by atoms with van der Waals surface area (Å²) in [5.74, 6) is 1.55. The molecule has 0 saturated carbocycles. The van der Waals surface area contributed by atoms with Crippen LogP contribution in [0.2, 0.25) is 0 Å². The molecule has 0 aliphatic rings. The molecule has 0 aliphatic carbocycles. The Bertz CT molecular complexity index is 635. The lowest BCUT2D eigenvalue weighted by Crippen LogP contribution is -2.26. The van der Waals surface area contributed by atoms with Crippen LogP contribution in [0.3, 0.4) is 0 Å². The molecule has 0 radical (unpaired) electrons. The highest BCUT2D eigenvalue weighted by molar-refractivity contribution is 7.09. The maximum atomic E-state index is 11.9. The number of rotatable bonds is 9. The predicted molar refractivity (Wildman–Crippen MR) is 98.4 cm³/mol. The van der Waals surface area contributed by atoms with Crippen molar-refractivity contribution in [3.05, 3.63) is 45.9 Å². The Labute approximate surface area is 148 Å². The summed E-state index contributed by atoms with van der Waals surface area (Å²) in [4.78, 5) is 16.4. The van der Waals surface area contributed by atoms with Gasteiger partial charge in [0.1, 0.15) is 17.4 Å². The highest BCUT2D eigenvalue weighted by atomic mass is 32.1. The van der Waals surface area contributed by atoms with Gasteiger partial charge in [0.05, 0.1) is 12.1 Å². The minimum Gasteiger partial charge on any atom is -0.486 e. The minimum atomic E-state index is 0.0371. The highest BCUT2D eigenvalue weighted by Gasteiger charge is 2.08. The molecule has 4 nitrogen and oxygen atoms in total. The van der Waals surface area contributed by atoms with Gasteiger partial charge in [-0.3, -0.25) is 4.79 Å². The number of thiazole rings is 1. The number of carbonyl (C=O) groups is 1. The van der Waals surface area contributed by atoms with E-state index in [0.29, 0.717) is 18.9 Å². The molecule has 2 aromatic rings. The Hall–Kier alpha value is -1.88. The van der Waals surface area contributed by atoms with E-state index in [9.17, 15) is 4.79 Å². The summed E-state index contributed by atoms with van der Waals surface area (Å²) in [6.07, 6.45) is 2.50. The maximum Gasteiger partial charge on any atom is 0.226 e. The van der Waals surface area contributed by atoms with Gasteiger partial charge in [-0.05, 0) is 37.8 Å². The lowest BCUT2D eigenvalue weighted by molar-refractivity contribution is -0.120. The number of benzene rings is 1. The van der Waals surface area contributed by atoms with Crippen LogP contribution in [0.4, 0.5) is 0 Å². The zero-order valence-electron chi connectivity index (χ0n) is 14.7. The van der Waals surface area contributed by atoms with Gasteiger partial charge in [0.2, 0.25) is 5.91 Å². The molecule has 1 aromatic carbocycles. The molecule has 1 aromatic heterocycles. The van der Waals surface area contributed by atoms with Gasteiger partial charge in [-0.25, -0.2) is 4.98 Å². The Morgan fingerprint density at radius 3 is 2.75 bits per heavy atom. The Balaban J connectivity index is 1.72. The van der Waals surface area contributed by atoms with Gasteiger partial charge >= 0.3 is 0 Å². The molecule has 2 rings (SSSR count). The fraction of sp³-hybridized carbons (Fsp3) is 0.474. The molecule has 0 spiro atoms. The van der Waals surface area contributed by atoms with E-state index in [1.54, 1.807) is 0 Å². The fourth-order valence-electron chi connectivity index (χ4n) is 2.24. The third-order valence-electron chi connectivity index (χ3n) is 3.60. The Kier molecular flexibility index (Phi) is 7.25. The van der Waals surface area contributed by atoms with E-state index in [1.807, 2.05) is 36.6 Å². The van der Waals surface area contributed by atoms with Crippen molar-refractivity contribution in [1.29, 1.82) is 0 Å². The number of nitrogens with one attached hydrogen (secondary N) is 1. The second-order valence-corrected chi connectivity index (χ2v) is 7.34. The fourth-order valence-corrected chi connectivity index (χ4v) is 2.95. The highest BCUT2D eigenvalue weighted by Crippen LogP contribution is 2.16. The van der Waals surface area contributed by atoms with Crippen LogP contribution in [0, 0.1) is 12.8 Å². The van der Waals surface area contributed by atoms with Crippen molar-refractivity contribution in [1.82, 2.24) is 10.3 Å². The monoisotopic (exact) mass is 346 g/mol. The molecule has 0 aliphatic heterocycles. The topological polar surface area (TPSA) is 51.2 Å². The van der Waals surface area contributed by atoms with E-state index < -0.39 is 0 Å². The number of amides is 1. The van der Waals surface area contributed by atoms with Gasteiger partial charge in [-0.1, -0.05) is 31.5 Å². The number of hydrogen-bond donors (Lipinski definition) is 1. The molecule has 5 heteroatoms. The molecular weight excluding hydrogens is 320 g/mol. The van der Waals surface area contributed by atoms with Crippen molar-refractivity contribution in [3.63, 3.8) is 0 Å². The number of nitrogens with zero attached hydrogens (tertiary/aromatic N) is 1. The summed E-state index contributed by atoms with van der Waals surface area (Å²) in [5, 5.41) is 5.77. The smallest absolute Gasteiger partial charge is 0.226 e. The van der Waals surface area contributed by atoms with Crippen LogP contribution in [0.1, 0.15) is 43.0 Å². The van der Waals surface area contributed by atoms with E-state index in [4.69, 9.17) is 4.74 Å². The zero-order chi connectivity index (χ0) is 17.4. The van der Waals surface area contributed by atoms with Crippen LogP contribution in [-0.4, -0.2) is 17.4 Å². The quantitative estimate of drug-likeness (QED) is 0.695. The second-order valence-electron chi connectivity index (χ2n) is 6.40. The summed E-state index contributed by atoms with van der Waals surface area (Å²) in [6, 6.07) is 7.95. The Morgan fingerprint density at radius 1 is 1.29 bits per heavy atom. The third kappa shape index (κ3) is 6.71. The molecule has 1 amide bonds. The standard InChI is InChI=1S/C19H26N2O2S/c1-14(2)5-4-10-20-18(22)11-16-13-24-19(21-16)12-23-17-8-6-15(3)7-9-17/h6-9,13-14H,4-5,10-12H2,1-3H3,(H,20,22). The van der Waals surface area contributed by atoms with Crippen LogP contribution in [0.25, 0.3) is 0 Å². The molecule has 0 unspecified atom stereocenters. The average molecular weight is 346 g/mol. The summed E-state index contributed by atoms with van der Waals surface area (Å²) < 4.78 is 5.71. The van der Waals surface area contributed by atoms with Gasteiger partial charge in [0, 0.05) is 11.9 Å². The summed E-state index contributed by atoms with van der Waals surface area (Å²) in [6.45, 7) is 7.60. The SMILES string of the molecule is Cc1ccc(OCc2nc(CC(=O)NCCCC(C)C)cs2)cc1. The van der Waals surface area contributed by atoms with Crippen molar-refractivity contribution >= 4 is 17.2 Å². The van der Waals surface area contributed by atoms with Crippen LogP contribution in [-0.2, 0) is 17.8 Å². The predicted octanol–water partition coefficient (Wildman–Crippen LogP) is 4.13. The molecule has 0 saturated heterocycles. The summed E-state index contributed by atoms with van der Waals surface area (Å²) in [7, 11) is 0. The van der Waals surface area contributed by atoms with Gasteiger partial charge in [-0.15, -0.1) is 11.3 Å². The largest absolute Gasteiger partial charge is 0.486 e. The van der Waals surface area contributed by atoms with Gasteiger partial charge in [0.25, 0.3) is 0 Å². The summed E-state index contributed by atoms with van der Waals surface area (Å²) in [5.41, 5.74) is 2.02. The lowest BCUT2D eigenvalue weighted by Gasteiger charge is -2.06. The average Bonchev–Trinajstić information content (AvgIpc) is 2.98. The molecule has 0 fully saturated rings. The van der Waals surface area contributed by atoms with Crippen molar-refractivity contribution in [2.45, 2.75) is 46.6 Å². The van der Waals surface area contributed by atoms with Crippen molar-refractivity contribution < 1.29 is 9.53 Å². The van der Waals surface area contributed by atoms with E-state index in [0.717, 1.165) is 35.8 Å². The summed E-state index contributed by atoms with van der Waals surface area (Å²) >= 11 is 1.53. The van der Waals surface area contributed by atoms with Crippen LogP contribution >= 0.6 is 11.3 Å². The molecule has 1 N–H and O–H groups in total. The molecular formula is C19H26N2O2S. The first kappa shape index (κ1) is 18.5. The molecule has 1 heterocycles. The molecule has 24 heavy (non-hydrogen) atoms. The number of ether oxygens (including phenoxy) is 1. The van der Waals surface area contributed by atoms with Crippen molar-refractivity contribution in [2.75, 3.05) is 6.54 Å². The third-order valence-corrected chi connectivity index (χ3v) is 4.48. The second kappa shape index (κ2) is 9.42. The Morgan fingerprint density at radius 2 is 2.04 bits per heavy atom. The first-order chi connectivity index (χ1) is 11.5. The molecule has 0 bridgehead atoms. The number of aromatic nitrogens is 1. The van der Waals surface area contributed by atoms with Crippen LogP contribution < -0.4 is 10.1 Å². The number of hydrogen-bond acceptors (Lipinski definition) is 4. The van der Waals surface area contributed by atoms with E-state index in [2.05, 4.69) is 24.1 Å². The minimum absolute atomic E-state index is 0.0371. The zero-order valence-corrected chi connectivity index (χ0v) is 15.5. The first-order valence-corrected chi connectivity index (χ1v) is 9.30. The van der Waals surface area contributed by atoms with Gasteiger partial charge in [0.15, 0.2) is 0 Å². The van der Waals surface area contributed by atoms with Crippen molar-refractivity contribution in [2.24, 2.45) is 5.92 Å². The van der Waals surface area contributed by atoms with E-state index >= 15 is 0 Å². The molecule has 130 valence electrons. The normalized spacial score (nSPS) is 10.8. The number of carbonyl (C=O) groups excluding carboxylic acids is 1.